The number of ether oxygens (including phenoxy) is 1. The Bertz CT molecular complexity index is 1840. The zero-order chi connectivity index (χ0) is 36.6. The number of nitrogens with one attached hydrogen (secondary N) is 2. The maximum absolute atomic E-state index is 16.6. The lowest BCUT2D eigenvalue weighted by Crippen LogP contribution is -2.62. The summed E-state index contributed by atoms with van der Waals surface area (Å²) in [5, 5.41) is 5.68. The zero-order valence-corrected chi connectivity index (χ0v) is 31.2. The number of piperidine rings is 2. The molecule has 1 aromatic heterocycles. The first kappa shape index (κ1) is 36.6. The van der Waals surface area contributed by atoms with Crippen molar-refractivity contribution in [3.05, 3.63) is 74.7 Å². The van der Waals surface area contributed by atoms with E-state index in [0.717, 1.165) is 96.1 Å². The van der Waals surface area contributed by atoms with E-state index in [1.807, 2.05) is 26.1 Å². The largest absolute Gasteiger partial charge is 0.496 e. The molecule has 0 saturated carbocycles. The van der Waals surface area contributed by atoms with Crippen LogP contribution in [0, 0.1) is 20.8 Å². The van der Waals surface area contributed by atoms with Crippen LogP contribution < -0.4 is 25.8 Å². The first-order valence-corrected chi connectivity index (χ1v) is 18.3. The molecule has 6 rings (SSSR count). The van der Waals surface area contributed by atoms with Gasteiger partial charge in [0.1, 0.15) is 17.5 Å². The van der Waals surface area contributed by atoms with Gasteiger partial charge in [-0.3, -0.25) is 29.5 Å². The molecule has 3 fully saturated rings. The highest BCUT2D eigenvalue weighted by atomic mass is 19.1. The van der Waals surface area contributed by atoms with Crippen LogP contribution in [-0.2, 0) is 29.6 Å². The average molecular weight is 701 g/mol. The Morgan fingerprint density at radius 1 is 1.00 bits per heavy atom. The molecule has 3 aromatic rings. The van der Waals surface area contributed by atoms with Gasteiger partial charge in [-0.05, 0) is 93.5 Å². The number of aryl methyl sites for hydroxylation is 3. The summed E-state index contributed by atoms with van der Waals surface area (Å²) >= 11 is 0. The number of methoxy groups -OCH3 is 1. The van der Waals surface area contributed by atoms with E-state index in [0.29, 0.717) is 25.9 Å². The second-order valence-corrected chi connectivity index (χ2v) is 14.8. The second kappa shape index (κ2) is 14.8. The van der Waals surface area contributed by atoms with Gasteiger partial charge in [0.05, 0.1) is 7.11 Å². The molecule has 4 heterocycles. The molecule has 3 unspecified atom stereocenters. The van der Waals surface area contributed by atoms with E-state index in [-0.39, 0.29) is 23.4 Å². The predicted octanol–water partition coefficient (Wildman–Crippen LogP) is 4.89. The topological polar surface area (TPSA) is 99.2 Å². The van der Waals surface area contributed by atoms with Crippen molar-refractivity contribution in [2.24, 2.45) is 7.05 Å². The number of alkyl halides is 1. The number of imide groups is 1. The number of carbonyl (C=O) groups is 2. The second-order valence-electron chi connectivity index (χ2n) is 14.8. The van der Waals surface area contributed by atoms with E-state index >= 15 is 4.39 Å². The number of anilines is 2. The fourth-order valence-corrected chi connectivity index (χ4v) is 8.36. The lowest BCUT2D eigenvalue weighted by atomic mass is 9.88. The zero-order valence-electron chi connectivity index (χ0n) is 31.2. The lowest BCUT2D eigenvalue weighted by molar-refractivity contribution is -0.133. The highest BCUT2D eigenvalue weighted by Crippen LogP contribution is 2.37. The molecule has 3 atom stereocenters. The summed E-state index contributed by atoms with van der Waals surface area (Å²) in [6.07, 6.45) is 4.30. The molecule has 2 aromatic carbocycles. The number of pyridine rings is 1. The van der Waals surface area contributed by atoms with Gasteiger partial charge in [-0.15, -0.1) is 0 Å². The third-order valence-electron chi connectivity index (χ3n) is 11.3. The standard InChI is InChI=1S/C40H53FN6O4/c1-8-28-20-29(31-22-44(6)39(50)27(4)26(31)3)21-35(51-7)32(28)23-45-14-13-36(40(5,41)24-45)47-17-15-46(16-18-47)34-11-9-30(19-25(34)2)42-33-10-12-37(48)43-38(33)49/h9,11,19-22,33,36,42H,8,10,12-18,23-24H2,1-7H3,(H,43,48,49). The quantitative estimate of drug-likeness (QED) is 0.305. The van der Waals surface area contributed by atoms with Crippen LogP contribution in [0.5, 0.6) is 5.75 Å². The summed E-state index contributed by atoms with van der Waals surface area (Å²) in [4.78, 5) is 43.2. The van der Waals surface area contributed by atoms with Crippen molar-refractivity contribution in [3.8, 4) is 16.9 Å². The Balaban J connectivity index is 1.09. The molecule has 274 valence electrons. The number of amides is 2. The van der Waals surface area contributed by atoms with E-state index in [1.54, 1.807) is 25.6 Å². The minimum atomic E-state index is -1.37. The van der Waals surface area contributed by atoms with Crippen LogP contribution in [0.1, 0.15) is 60.9 Å². The Hall–Kier alpha value is -4.22. The Morgan fingerprint density at radius 3 is 2.39 bits per heavy atom. The SMILES string of the molecule is CCc1cc(-c2cn(C)c(=O)c(C)c2C)cc(OC)c1CN1CCC(N2CCN(c3ccc(NC4CCC(=O)NC4=O)cc3C)CC2)C(C)(F)C1. The molecule has 51 heavy (non-hydrogen) atoms. The normalized spacial score (nSPS) is 23.3. The number of hydrogen-bond donors (Lipinski definition) is 2. The summed E-state index contributed by atoms with van der Waals surface area (Å²) in [6, 6.07) is 9.84. The van der Waals surface area contributed by atoms with Crippen LogP contribution in [0.15, 0.2) is 41.3 Å². The number of benzene rings is 2. The van der Waals surface area contributed by atoms with Crippen molar-refractivity contribution in [3.63, 3.8) is 0 Å². The summed E-state index contributed by atoms with van der Waals surface area (Å²) < 4.78 is 24.2. The van der Waals surface area contributed by atoms with Gasteiger partial charge < -0.3 is 19.5 Å². The van der Waals surface area contributed by atoms with E-state index in [4.69, 9.17) is 4.74 Å². The third-order valence-corrected chi connectivity index (χ3v) is 11.3. The number of nitrogens with zero attached hydrogens (tertiary/aromatic N) is 4. The molecule has 3 saturated heterocycles. The molecule has 0 bridgehead atoms. The van der Waals surface area contributed by atoms with Crippen molar-refractivity contribution in [1.82, 2.24) is 19.7 Å². The van der Waals surface area contributed by atoms with Crippen LogP contribution in [0.4, 0.5) is 15.8 Å². The number of carbonyl (C=O) groups excluding carboxylic acids is 2. The van der Waals surface area contributed by atoms with E-state index in [2.05, 4.69) is 63.4 Å². The maximum atomic E-state index is 16.6. The minimum Gasteiger partial charge on any atom is -0.496 e. The van der Waals surface area contributed by atoms with Gasteiger partial charge in [0.25, 0.3) is 5.56 Å². The predicted molar refractivity (Wildman–Crippen MR) is 200 cm³/mol. The van der Waals surface area contributed by atoms with Gasteiger partial charge in [0.2, 0.25) is 11.8 Å². The van der Waals surface area contributed by atoms with Crippen LogP contribution in [0.3, 0.4) is 0 Å². The molecule has 10 nitrogen and oxygen atoms in total. The van der Waals surface area contributed by atoms with E-state index in [9.17, 15) is 14.4 Å². The molecular formula is C40H53FN6O4. The molecule has 2 amide bonds. The number of aromatic nitrogens is 1. The molecule has 2 N–H and O–H groups in total. The molecule has 11 heteroatoms. The van der Waals surface area contributed by atoms with Gasteiger partial charge in [0, 0.05) is 99.6 Å². The van der Waals surface area contributed by atoms with E-state index in [1.165, 1.54) is 5.56 Å². The Kier molecular flexibility index (Phi) is 10.6. The van der Waals surface area contributed by atoms with Crippen molar-refractivity contribution < 1.29 is 18.7 Å². The molecule has 3 aliphatic rings. The first-order chi connectivity index (χ1) is 24.3. The maximum Gasteiger partial charge on any atom is 0.253 e. The van der Waals surface area contributed by atoms with E-state index < -0.39 is 11.7 Å². The molecule has 0 aliphatic carbocycles. The van der Waals surface area contributed by atoms with Crippen LogP contribution >= 0.6 is 0 Å². The van der Waals surface area contributed by atoms with Gasteiger partial charge in [-0.25, -0.2) is 4.39 Å². The number of likely N-dealkylation sites (tertiary alicyclic amines) is 1. The van der Waals surface area contributed by atoms with Crippen molar-refractivity contribution in [1.29, 1.82) is 0 Å². The Labute approximate surface area is 300 Å². The number of rotatable bonds is 9. The van der Waals surface area contributed by atoms with Gasteiger partial charge in [-0.2, -0.15) is 0 Å². The molecular weight excluding hydrogens is 647 g/mol. The van der Waals surface area contributed by atoms with Gasteiger partial charge in [0.15, 0.2) is 0 Å². The monoisotopic (exact) mass is 700 g/mol. The van der Waals surface area contributed by atoms with Crippen molar-refractivity contribution >= 4 is 23.2 Å². The summed E-state index contributed by atoms with van der Waals surface area (Å²) in [6.45, 7) is 14.8. The molecule has 3 aliphatic heterocycles. The minimum absolute atomic E-state index is 0.0121. The van der Waals surface area contributed by atoms with Crippen LogP contribution in [-0.4, -0.2) is 90.3 Å². The molecule has 0 radical (unpaired) electrons. The summed E-state index contributed by atoms with van der Waals surface area (Å²) in [7, 11) is 3.48. The smallest absolute Gasteiger partial charge is 0.253 e. The number of hydrogen-bond acceptors (Lipinski definition) is 8. The van der Waals surface area contributed by atoms with Gasteiger partial charge in [-0.1, -0.05) is 13.0 Å². The van der Waals surface area contributed by atoms with Gasteiger partial charge >= 0.3 is 0 Å². The fourth-order valence-electron chi connectivity index (χ4n) is 8.36. The average Bonchev–Trinajstić information content (AvgIpc) is 3.10. The van der Waals surface area contributed by atoms with Crippen molar-refractivity contribution in [2.45, 2.75) is 84.6 Å². The number of halogens is 1. The highest BCUT2D eigenvalue weighted by Gasteiger charge is 2.44. The summed E-state index contributed by atoms with van der Waals surface area (Å²) in [5.74, 6) is 0.295. The summed E-state index contributed by atoms with van der Waals surface area (Å²) in [5.41, 5.74) is 7.77. The Morgan fingerprint density at radius 2 is 1.75 bits per heavy atom. The number of piperazine rings is 1. The fraction of sp³-hybridized carbons (Fsp3) is 0.525. The first-order valence-electron chi connectivity index (χ1n) is 18.3. The lowest BCUT2D eigenvalue weighted by Gasteiger charge is -2.49. The molecule has 0 spiro atoms. The van der Waals surface area contributed by atoms with Crippen molar-refractivity contribution in [2.75, 3.05) is 56.6 Å². The van der Waals surface area contributed by atoms with Crippen LogP contribution in [0.2, 0.25) is 0 Å². The van der Waals surface area contributed by atoms with Crippen LogP contribution in [0.25, 0.3) is 11.1 Å². The third kappa shape index (κ3) is 7.55. The highest BCUT2D eigenvalue weighted by molar-refractivity contribution is 6.01.